The zero-order valence-electron chi connectivity index (χ0n) is 9.31. The molecule has 1 heterocycles. The maximum absolute atomic E-state index is 12.8. The van der Waals surface area contributed by atoms with Crippen molar-refractivity contribution in [2.75, 3.05) is 5.32 Å². The molecule has 4 nitrogen and oxygen atoms in total. The molecule has 0 radical (unpaired) electrons. The molecule has 1 aromatic carbocycles. The molecule has 0 aliphatic carbocycles. The summed E-state index contributed by atoms with van der Waals surface area (Å²) in [5.41, 5.74) is 1.85. The third-order valence-corrected chi connectivity index (χ3v) is 2.36. The number of pyridine rings is 1. The molecule has 0 aliphatic rings. The van der Waals surface area contributed by atoms with Gasteiger partial charge in [-0.25, -0.2) is 9.37 Å². The van der Waals surface area contributed by atoms with Crippen LogP contribution < -0.4 is 5.32 Å². The molecular formula is C13H9FN4. The van der Waals surface area contributed by atoms with Crippen LogP contribution in [0.1, 0.15) is 11.3 Å². The quantitative estimate of drug-likeness (QED) is 0.810. The van der Waals surface area contributed by atoms with Gasteiger partial charge in [0.1, 0.15) is 11.9 Å². The molecule has 0 spiro atoms. The van der Waals surface area contributed by atoms with E-state index in [0.29, 0.717) is 16.9 Å². The summed E-state index contributed by atoms with van der Waals surface area (Å²) in [5, 5.41) is 19.2. The number of hydrogen-bond donors (Lipinski definition) is 2. The minimum absolute atomic E-state index is 0.178. The smallest absolute Gasteiger partial charge is 0.151 e. The zero-order chi connectivity index (χ0) is 13.0. The lowest BCUT2D eigenvalue weighted by Gasteiger charge is -2.09. The Balaban J connectivity index is 2.37. The van der Waals surface area contributed by atoms with Crippen molar-refractivity contribution < 1.29 is 4.39 Å². The zero-order valence-corrected chi connectivity index (χ0v) is 9.31. The number of rotatable bonds is 3. The fourth-order valence-electron chi connectivity index (χ4n) is 1.51. The highest BCUT2D eigenvalue weighted by molar-refractivity contribution is 5.89. The molecule has 0 aliphatic heterocycles. The fraction of sp³-hybridized carbons (Fsp3) is 0. The minimum atomic E-state index is -0.319. The molecular weight excluding hydrogens is 231 g/mol. The van der Waals surface area contributed by atoms with Crippen molar-refractivity contribution in [2.24, 2.45) is 0 Å². The third-order valence-electron chi connectivity index (χ3n) is 2.36. The molecule has 0 saturated heterocycles. The number of aromatic nitrogens is 1. The number of nitrogens with one attached hydrogen (secondary N) is 2. The van der Waals surface area contributed by atoms with Crippen LogP contribution in [0.5, 0.6) is 0 Å². The molecule has 0 fully saturated rings. The van der Waals surface area contributed by atoms with E-state index in [1.807, 2.05) is 6.07 Å². The summed E-state index contributed by atoms with van der Waals surface area (Å²) in [5.74, 6) is -0.319. The number of benzene rings is 1. The third kappa shape index (κ3) is 2.33. The predicted octanol–water partition coefficient (Wildman–Crippen LogP) is 2.83. The molecule has 0 amide bonds. The van der Waals surface area contributed by atoms with E-state index in [2.05, 4.69) is 10.3 Å². The van der Waals surface area contributed by atoms with E-state index in [9.17, 15) is 4.39 Å². The van der Waals surface area contributed by atoms with Gasteiger partial charge in [0.05, 0.1) is 11.3 Å². The van der Waals surface area contributed by atoms with E-state index in [0.717, 1.165) is 6.21 Å². The average molecular weight is 240 g/mol. The normalized spacial score (nSPS) is 9.56. The number of halogens is 1. The first-order valence-electron chi connectivity index (χ1n) is 5.17. The Labute approximate surface area is 103 Å². The standard InChI is InChI=1S/C13H9FN4/c14-9-1-3-10(4-2-9)18-12-5-6-17-13(8-16)11(12)7-15/h1-7,15H,(H,17,18). The van der Waals surface area contributed by atoms with Crippen molar-refractivity contribution in [3.63, 3.8) is 0 Å². The lowest BCUT2D eigenvalue weighted by Crippen LogP contribution is -1.99. The SMILES string of the molecule is N#Cc1nccc(Nc2ccc(F)cc2)c1C=N. The van der Waals surface area contributed by atoms with Crippen molar-refractivity contribution >= 4 is 17.6 Å². The first-order valence-corrected chi connectivity index (χ1v) is 5.17. The molecule has 0 unspecified atom stereocenters. The maximum Gasteiger partial charge on any atom is 0.151 e. The number of hydrogen-bond acceptors (Lipinski definition) is 4. The van der Waals surface area contributed by atoms with E-state index < -0.39 is 0 Å². The van der Waals surface area contributed by atoms with Gasteiger partial charge in [-0.1, -0.05) is 0 Å². The van der Waals surface area contributed by atoms with Crippen molar-refractivity contribution in [1.82, 2.24) is 4.98 Å². The fourth-order valence-corrected chi connectivity index (χ4v) is 1.51. The predicted molar refractivity (Wildman–Crippen MR) is 66.5 cm³/mol. The summed E-state index contributed by atoms with van der Waals surface area (Å²) in [4.78, 5) is 3.87. The van der Waals surface area contributed by atoms with Gasteiger partial charge in [0.15, 0.2) is 5.69 Å². The number of anilines is 2. The van der Waals surface area contributed by atoms with Crippen molar-refractivity contribution in [1.29, 1.82) is 10.7 Å². The molecule has 1 aromatic heterocycles. The Morgan fingerprint density at radius 2 is 2.00 bits per heavy atom. The highest BCUT2D eigenvalue weighted by Gasteiger charge is 2.07. The van der Waals surface area contributed by atoms with Crippen LogP contribution in [0.2, 0.25) is 0 Å². The Bertz CT molecular complexity index is 614. The molecule has 2 aromatic rings. The molecule has 0 atom stereocenters. The van der Waals surface area contributed by atoms with E-state index in [1.165, 1.54) is 18.3 Å². The molecule has 5 heteroatoms. The van der Waals surface area contributed by atoms with E-state index in [4.69, 9.17) is 10.7 Å². The van der Waals surface area contributed by atoms with Gasteiger partial charge in [0, 0.05) is 18.1 Å². The van der Waals surface area contributed by atoms with Crippen LogP contribution >= 0.6 is 0 Å². The van der Waals surface area contributed by atoms with E-state index >= 15 is 0 Å². The summed E-state index contributed by atoms with van der Waals surface area (Å²) in [7, 11) is 0. The Kier molecular flexibility index (Phi) is 3.30. The average Bonchev–Trinajstić information content (AvgIpc) is 2.41. The Morgan fingerprint density at radius 3 is 2.61 bits per heavy atom. The molecule has 18 heavy (non-hydrogen) atoms. The van der Waals surface area contributed by atoms with Crippen LogP contribution in [0, 0.1) is 22.6 Å². The summed E-state index contributed by atoms with van der Waals surface area (Å²) >= 11 is 0. The van der Waals surface area contributed by atoms with Gasteiger partial charge in [-0.2, -0.15) is 5.26 Å². The van der Waals surface area contributed by atoms with Crippen molar-refractivity contribution in [3.8, 4) is 6.07 Å². The first kappa shape index (κ1) is 11.7. The second-order valence-corrected chi connectivity index (χ2v) is 3.51. The van der Waals surface area contributed by atoms with Gasteiger partial charge in [-0.15, -0.1) is 0 Å². The lowest BCUT2D eigenvalue weighted by atomic mass is 10.1. The van der Waals surface area contributed by atoms with Crippen molar-refractivity contribution in [2.45, 2.75) is 0 Å². The van der Waals surface area contributed by atoms with Crippen LogP contribution in [-0.2, 0) is 0 Å². The summed E-state index contributed by atoms with van der Waals surface area (Å²) in [6, 6.07) is 9.40. The van der Waals surface area contributed by atoms with Crippen LogP contribution in [0.15, 0.2) is 36.5 Å². The molecule has 2 N–H and O–H groups in total. The van der Waals surface area contributed by atoms with E-state index in [1.54, 1.807) is 18.2 Å². The minimum Gasteiger partial charge on any atom is -0.355 e. The number of nitriles is 1. The van der Waals surface area contributed by atoms with Gasteiger partial charge < -0.3 is 10.7 Å². The second kappa shape index (κ2) is 5.06. The highest BCUT2D eigenvalue weighted by atomic mass is 19.1. The highest BCUT2D eigenvalue weighted by Crippen LogP contribution is 2.21. The van der Waals surface area contributed by atoms with Gasteiger partial charge in [0.25, 0.3) is 0 Å². The monoisotopic (exact) mass is 240 g/mol. The van der Waals surface area contributed by atoms with Crippen LogP contribution in [0.4, 0.5) is 15.8 Å². The van der Waals surface area contributed by atoms with Gasteiger partial charge in [0.2, 0.25) is 0 Å². The first-order chi connectivity index (χ1) is 8.74. The van der Waals surface area contributed by atoms with Crippen molar-refractivity contribution in [3.05, 3.63) is 53.6 Å². The van der Waals surface area contributed by atoms with Gasteiger partial charge in [-0.3, -0.25) is 0 Å². The summed E-state index contributed by atoms with van der Waals surface area (Å²) in [6.45, 7) is 0. The summed E-state index contributed by atoms with van der Waals surface area (Å²) in [6.07, 6.45) is 2.55. The molecule has 0 bridgehead atoms. The topological polar surface area (TPSA) is 72.6 Å². The van der Waals surface area contributed by atoms with Crippen LogP contribution in [0.3, 0.4) is 0 Å². The lowest BCUT2D eigenvalue weighted by molar-refractivity contribution is 0.628. The van der Waals surface area contributed by atoms with Gasteiger partial charge in [-0.05, 0) is 30.3 Å². The van der Waals surface area contributed by atoms with Gasteiger partial charge >= 0.3 is 0 Å². The van der Waals surface area contributed by atoms with E-state index in [-0.39, 0.29) is 11.5 Å². The largest absolute Gasteiger partial charge is 0.355 e. The number of nitrogens with zero attached hydrogens (tertiary/aromatic N) is 2. The van der Waals surface area contributed by atoms with Crippen LogP contribution in [-0.4, -0.2) is 11.2 Å². The Morgan fingerprint density at radius 1 is 1.28 bits per heavy atom. The molecule has 0 saturated carbocycles. The molecule has 88 valence electrons. The summed E-state index contributed by atoms with van der Waals surface area (Å²) < 4.78 is 12.8. The maximum atomic E-state index is 12.8. The molecule has 2 rings (SSSR count). The van der Waals surface area contributed by atoms with Crippen LogP contribution in [0.25, 0.3) is 0 Å². The Hall–Kier alpha value is -2.74. The second-order valence-electron chi connectivity index (χ2n) is 3.51.